The summed E-state index contributed by atoms with van der Waals surface area (Å²) in [5.41, 5.74) is 0. The number of carbonyl (C=O) groups excluding carboxylic acids is 3. The predicted octanol–water partition coefficient (Wildman–Crippen LogP) is 1.07. The van der Waals surface area contributed by atoms with Crippen molar-refractivity contribution >= 4 is 29.5 Å². The largest absolute Gasteiger partial charge is 0.465 e. The lowest BCUT2D eigenvalue weighted by Crippen LogP contribution is -2.57. The van der Waals surface area contributed by atoms with Crippen LogP contribution in [-0.2, 0) is 23.9 Å². The van der Waals surface area contributed by atoms with E-state index in [0.717, 1.165) is 32.5 Å². The van der Waals surface area contributed by atoms with Crippen LogP contribution in [0.5, 0.6) is 0 Å². The summed E-state index contributed by atoms with van der Waals surface area (Å²) < 4.78 is 9.53. The molecule has 204 valence electrons. The van der Waals surface area contributed by atoms with E-state index in [1.165, 1.54) is 0 Å². The average Bonchev–Trinajstić information content (AvgIpc) is 3.25. The fourth-order valence-electron chi connectivity index (χ4n) is 6.72. The molecule has 1 unspecified atom stereocenters. The van der Waals surface area contributed by atoms with Crippen molar-refractivity contribution in [2.45, 2.75) is 54.7 Å². The van der Waals surface area contributed by atoms with Crippen molar-refractivity contribution in [2.75, 3.05) is 59.2 Å². The molecule has 0 aromatic carbocycles. The lowest BCUT2D eigenvalue weighted by molar-refractivity contribution is -0.154. The highest BCUT2D eigenvalue weighted by atomic mass is 32.2. The van der Waals surface area contributed by atoms with Crippen LogP contribution in [0, 0.1) is 11.8 Å². The minimum Gasteiger partial charge on any atom is -0.465 e. The first-order chi connectivity index (χ1) is 17.9. The molecule has 5 rings (SSSR count). The highest BCUT2D eigenvalue weighted by molar-refractivity contribution is 8.02. The van der Waals surface area contributed by atoms with Crippen LogP contribution >= 0.6 is 11.8 Å². The Hall–Kier alpha value is -1.88. The van der Waals surface area contributed by atoms with Crippen molar-refractivity contribution in [1.82, 2.24) is 14.7 Å². The number of aliphatic hydroxyl groups is 1. The normalized spacial score (nSPS) is 38.1. The van der Waals surface area contributed by atoms with Crippen molar-refractivity contribution < 1.29 is 29.0 Å². The molecule has 0 saturated carbocycles. The van der Waals surface area contributed by atoms with Crippen LogP contribution in [0.1, 0.15) is 33.1 Å². The first-order valence-corrected chi connectivity index (χ1v) is 14.4. The van der Waals surface area contributed by atoms with Crippen LogP contribution in [0.3, 0.4) is 0 Å². The Morgan fingerprint density at radius 1 is 1.08 bits per heavy atom. The van der Waals surface area contributed by atoms with Gasteiger partial charge in [0.05, 0.1) is 49.1 Å². The quantitative estimate of drug-likeness (QED) is 0.400. The SMILES string of the molecule is CC[C@@H](CO)N1C(=O)[C@@H]2[C@@H]3C(=O)OCCC/C=C\[C@]3(C)S[C@@]23C=CCN(CCN2CCOCC2)C(=O)C13. The Morgan fingerprint density at radius 3 is 2.59 bits per heavy atom. The first kappa shape index (κ1) is 26.7. The van der Waals surface area contributed by atoms with Crippen LogP contribution in [-0.4, -0.2) is 118 Å². The molecule has 1 N–H and O–H groups in total. The van der Waals surface area contributed by atoms with E-state index in [-0.39, 0.29) is 24.4 Å². The summed E-state index contributed by atoms with van der Waals surface area (Å²) in [5, 5.41) is 10.2. The van der Waals surface area contributed by atoms with Crippen LogP contribution in [0.25, 0.3) is 0 Å². The van der Waals surface area contributed by atoms with E-state index in [1.54, 1.807) is 16.7 Å². The number of ether oxygens (including phenoxy) is 2. The van der Waals surface area contributed by atoms with Crippen molar-refractivity contribution in [1.29, 1.82) is 0 Å². The molecular weight excluding hydrogens is 494 g/mol. The number of thioether (sulfide) groups is 1. The second-order valence-electron chi connectivity index (χ2n) is 10.8. The van der Waals surface area contributed by atoms with Gasteiger partial charge in [0.25, 0.3) is 0 Å². The minimum absolute atomic E-state index is 0.110. The Kier molecular flexibility index (Phi) is 7.73. The van der Waals surface area contributed by atoms with Gasteiger partial charge in [-0.15, -0.1) is 11.8 Å². The fourth-order valence-corrected chi connectivity index (χ4v) is 8.86. The standard InChI is InChI=1S/C27H39N3O6S/c1-3-19(18-31)30-22-24(33)29(12-11-28-13-16-35-17-14-28)10-7-9-27(22)20(23(30)32)21-25(34)36-15-6-4-5-8-26(21,2)37-27/h5,7-9,19-22,31H,3-4,6,10-18H2,1-2H3/b8-5-/t19-,20-,21+,22?,26-,27-/m0/s1. The van der Waals surface area contributed by atoms with E-state index in [1.807, 2.05) is 30.9 Å². The number of fused-ring (bicyclic) bond motifs is 2. The van der Waals surface area contributed by atoms with E-state index in [4.69, 9.17) is 9.47 Å². The molecule has 0 aliphatic carbocycles. The lowest BCUT2D eigenvalue weighted by atomic mass is 9.74. The van der Waals surface area contributed by atoms with Crippen molar-refractivity contribution in [3.63, 3.8) is 0 Å². The van der Waals surface area contributed by atoms with Gasteiger partial charge < -0.3 is 24.4 Å². The summed E-state index contributed by atoms with van der Waals surface area (Å²) >= 11 is 1.55. The number of likely N-dealkylation sites (tertiary alicyclic amines) is 1. The number of esters is 1. The molecule has 1 spiro atoms. The molecule has 9 nitrogen and oxygen atoms in total. The molecule has 5 aliphatic heterocycles. The molecule has 0 aromatic heterocycles. The Labute approximate surface area is 223 Å². The van der Waals surface area contributed by atoms with Gasteiger partial charge in [-0.05, 0) is 26.2 Å². The van der Waals surface area contributed by atoms with Gasteiger partial charge in [-0.1, -0.05) is 31.2 Å². The van der Waals surface area contributed by atoms with Gasteiger partial charge in [0.15, 0.2) is 0 Å². The summed E-state index contributed by atoms with van der Waals surface area (Å²) in [7, 11) is 0. The van der Waals surface area contributed by atoms with Crippen LogP contribution < -0.4 is 0 Å². The molecule has 3 fully saturated rings. The zero-order valence-corrected chi connectivity index (χ0v) is 22.7. The van der Waals surface area contributed by atoms with Crippen LogP contribution in [0.4, 0.5) is 0 Å². The zero-order valence-electron chi connectivity index (χ0n) is 21.8. The van der Waals surface area contributed by atoms with Crippen LogP contribution in [0.15, 0.2) is 24.3 Å². The van der Waals surface area contributed by atoms with Gasteiger partial charge in [-0.2, -0.15) is 0 Å². The Bertz CT molecular complexity index is 964. The summed E-state index contributed by atoms with van der Waals surface area (Å²) in [6, 6.07) is -1.28. The monoisotopic (exact) mass is 533 g/mol. The lowest BCUT2D eigenvalue weighted by Gasteiger charge is -2.40. The summed E-state index contributed by atoms with van der Waals surface area (Å²) in [6.07, 6.45) is 10.2. The predicted molar refractivity (Wildman–Crippen MR) is 140 cm³/mol. The number of allylic oxidation sites excluding steroid dienone is 1. The minimum atomic E-state index is -0.910. The van der Waals surface area contributed by atoms with Gasteiger partial charge >= 0.3 is 5.97 Å². The maximum atomic E-state index is 14.3. The summed E-state index contributed by atoms with van der Waals surface area (Å²) in [4.78, 5) is 47.8. The number of hydrogen-bond acceptors (Lipinski definition) is 8. The van der Waals surface area contributed by atoms with Gasteiger partial charge in [-0.3, -0.25) is 19.3 Å². The number of rotatable bonds is 6. The number of hydrogen-bond donors (Lipinski definition) is 1. The maximum Gasteiger partial charge on any atom is 0.311 e. The Balaban J connectivity index is 1.54. The number of cyclic esters (lactones) is 1. The highest BCUT2D eigenvalue weighted by Gasteiger charge is 2.74. The van der Waals surface area contributed by atoms with Crippen LogP contribution in [0.2, 0.25) is 0 Å². The average molecular weight is 534 g/mol. The fraction of sp³-hybridized carbons (Fsp3) is 0.741. The zero-order chi connectivity index (χ0) is 26.2. The topological polar surface area (TPSA) is 99.6 Å². The number of carbonyl (C=O) groups is 3. The molecule has 0 aromatic rings. The van der Waals surface area contributed by atoms with E-state index in [0.29, 0.717) is 39.3 Å². The highest BCUT2D eigenvalue weighted by Crippen LogP contribution is 2.65. The second-order valence-corrected chi connectivity index (χ2v) is 12.6. The van der Waals surface area contributed by atoms with E-state index in [2.05, 4.69) is 17.1 Å². The molecule has 2 amide bonds. The van der Waals surface area contributed by atoms with Gasteiger partial charge in [0, 0.05) is 37.5 Å². The molecule has 0 bridgehead atoms. The molecule has 3 saturated heterocycles. The number of morpholine rings is 1. The first-order valence-electron chi connectivity index (χ1n) is 13.6. The van der Waals surface area contributed by atoms with Gasteiger partial charge in [0.1, 0.15) is 6.04 Å². The van der Waals surface area contributed by atoms with Gasteiger partial charge in [-0.25, -0.2) is 0 Å². The number of amides is 2. The van der Waals surface area contributed by atoms with Crippen molar-refractivity contribution in [3.8, 4) is 0 Å². The molecule has 37 heavy (non-hydrogen) atoms. The third-order valence-corrected chi connectivity index (χ3v) is 10.4. The van der Waals surface area contributed by atoms with Crippen molar-refractivity contribution in [2.24, 2.45) is 11.8 Å². The van der Waals surface area contributed by atoms with E-state index in [9.17, 15) is 19.5 Å². The smallest absolute Gasteiger partial charge is 0.311 e. The number of aliphatic hydroxyl groups excluding tert-OH is 1. The molecule has 5 aliphatic rings. The molecule has 6 atom stereocenters. The molecule has 10 heteroatoms. The molecular formula is C27H39N3O6S. The molecule has 0 radical (unpaired) electrons. The third-order valence-electron chi connectivity index (χ3n) is 8.64. The Morgan fingerprint density at radius 2 is 1.86 bits per heavy atom. The molecule has 5 heterocycles. The number of nitrogens with zero attached hydrogens (tertiary/aromatic N) is 3. The van der Waals surface area contributed by atoms with E-state index < -0.39 is 33.4 Å². The third kappa shape index (κ3) is 4.53. The summed E-state index contributed by atoms with van der Waals surface area (Å²) in [5.74, 6) is -2.16. The maximum absolute atomic E-state index is 14.3. The van der Waals surface area contributed by atoms with Gasteiger partial charge in [0.2, 0.25) is 11.8 Å². The summed E-state index contributed by atoms with van der Waals surface area (Å²) in [6.45, 7) is 8.79. The van der Waals surface area contributed by atoms with Crippen molar-refractivity contribution in [3.05, 3.63) is 24.3 Å². The van der Waals surface area contributed by atoms with E-state index >= 15 is 0 Å². The second kappa shape index (κ2) is 10.7.